The number of carbonyl (C=O) groups excluding carboxylic acids is 2. The van der Waals surface area contributed by atoms with E-state index in [1.165, 1.54) is 0 Å². The average molecular weight is 417 g/mol. The Bertz CT molecular complexity index is 759. The quantitative estimate of drug-likeness (QED) is 0.505. The van der Waals surface area contributed by atoms with Crippen LogP contribution >= 0.6 is 0 Å². The SMILES string of the molecule is CC(OC(=O)C(C)(C)C)[C@@H]1CCC2=C3CCC4CC(=O)CC[C@@]4(CO)[C@@H]3CC[C@]21C. The first-order valence-electron chi connectivity index (χ1n) is 12.1. The molecule has 0 bridgehead atoms. The van der Waals surface area contributed by atoms with Gasteiger partial charge < -0.3 is 9.84 Å². The van der Waals surface area contributed by atoms with Gasteiger partial charge in [-0.25, -0.2) is 0 Å². The van der Waals surface area contributed by atoms with Gasteiger partial charge in [0.1, 0.15) is 11.9 Å². The molecule has 0 spiro atoms. The highest BCUT2D eigenvalue weighted by Gasteiger charge is 2.57. The van der Waals surface area contributed by atoms with Crippen LogP contribution in [-0.4, -0.2) is 29.6 Å². The lowest BCUT2D eigenvalue weighted by atomic mass is 9.48. The van der Waals surface area contributed by atoms with Crippen LogP contribution < -0.4 is 0 Å². The molecule has 6 atom stereocenters. The molecule has 0 aromatic carbocycles. The average Bonchev–Trinajstić information content (AvgIpc) is 3.04. The van der Waals surface area contributed by atoms with Crippen molar-refractivity contribution in [2.24, 2.45) is 34.0 Å². The van der Waals surface area contributed by atoms with Crippen molar-refractivity contribution in [3.05, 3.63) is 11.1 Å². The van der Waals surface area contributed by atoms with E-state index in [1.54, 1.807) is 11.1 Å². The molecule has 0 radical (unpaired) electrons. The molecule has 3 saturated carbocycles. The van der Waals surface area contributed by atoms with E-state index in [4.69, 9.17) is 4.74 Å². The highest BCUT2D eigenvalue weighted by Crippen LogP contribution is 2.65. The van der Waals surface area contributed by atoms with Gasteiger partial charge in [-0.15, -0.1) is 0 Å². The number of rotatable bonds is 3. The van der Waals surface area contributed by atoms with Crippen LogP contribution in [0.25, 0.3) is 0 Å². The van der Waals surface area contributed by atoms with E-state index in [0.717, 1.165) is 44.9 Å². The summed E-state index contributed by atoms with van der Waals surface area (Å²) in [4.78, 5) is 24.6. The Hall–Kier alpha value is -1.16. The van der Waals surface area contributed by atoms with Gasteiger partial charge in [0.05, 0.1) is 5.41 Å². The number of ketones is 1. The fraction of sp³-hybridized carbons (Fsp3) is 0.846. The molecule has 30 heavy (non-hydrogen) atoms. The van der Waals surface area contributed by atoms with Crippen molar-refractivity contribution in [3.8, 4) is 0 Å². The summed E-state index contributed by atoms with van der Waals surface area (Å²) < 4.78 is 5.95. The van der Waals surface area contributed by atoms with Crippen LogP contribution in [0.3, 0.4) is 0 Å². The minimum Gasteiger partial charge on any atom is -0.462 e. The maximum atomic E-state index is 12.5. The fourth-order valence-electron chi connectivity index (χ4n) is 7.61. The number of allylic oxidation sites excluding steroid dienone is 2. The van der Waals surface area contributed by atoms with Crippen molar-refractivity contribution in [2.45, 2.75) is 98.5 Å². The lowest BCUT2D eigenvalue weighted by molar-refractivity contribution is -0.162. The Labute approximate surface area is 181 Å². The van der Waals surface area contributed by atoms with Crippen molar-refractivity contribution < 1.29 is 19.4 Å². The third kappa shape index (κ3) is 3.29. The largest absolute Gasteiger partial charge is 0.462 e. The minimum atomic E-state index is -0.475. The van der Waals surface area contributed by atoms with Crippen LogP contribution in [0, 0.1) is 34.0 Å². The highest BCUT2D eigenvalue weighted by atomic mass is 16.5. The van der Waals surface area contributed by atoms with Gasteiger partial charge in [-0.3, -0.25) is 9.59 Å². The number of hydrogen-bond acceptors (Lipinski definition) is 4. The second kappa shape index (κ2) is 7.46. The maximum Gasteiger partial charge on any atom is 0.311 e. The van der Waals surface area contributed by atoms with Crippen molar-refractivity contribution >= 4 is 11.8 Å². The third-order valence-corrected chi connectivity index (χ3v) is 9.35. The van der Waals surface area contributed by atoms with Gasteiger partial charge in [0, 0.05) is 30.8 Å². The van der Waals surface area contributed by atoms with Crippen molar-refractivity contribution in [1.29, 1.82) is 0 Å². The minimum absolute atomic E-state index is 0.0770. The molecular weight excluding hydrogens is 376 g/mol. The number of aliphatic hydroxyl groups excluding tert-OH is 1. The van der Waals surface area contributed by atoms with Crippen LogP contribution in [-0.2, 0) is 14.3 Å². The van der Waals surface area contributed by atoms with Gasteiger partial charge in [0.25, 0.3) is 0 Å². The number of ether oxygens (including phenoxy) is 1. The van der Waals surface area contributed by atoms with E-state index < -0.39 is 5.41 Å². The molecule has 1 N–H and O–H groups in total. The van der Waals surface area contributed by atoms with Crippen molar-refractivity contribution in [3.63, 3.8) is 0 Å². The Balaban J connectivity index is 1.61. The molecule has 4 heteroatoms. The monoisotopic (exact) mass is 416 g/mol. The molecule has 3 fully saturated rings. The predicted octanol–water partition coefficient (Wildman–Crippen LogP) is 5.23. The van der Waals surface area contributed by atoms with E-state index in [2.05, 4.69) is 13.8 Å². The number of fused-ring (bicyclic) bond motifs is 4. The van der Waals surface area contributed by atoms with Crippen LogP contribution in [0.2, 0.25) is 0 Å². The van der Waals surface area contributed by atoms with E-state index in [-0.39, 0.29) is 29.5 Å². The summed E-state index contributed by atoms with van der Waals surface area (Å²) in [5.41, 5.74) is 2.73. The van der Waals surface area contributed by atoms with E-state index in [0.29, 0.717) is 36.4 Å². The zero-order valence-electron chi connectivity index (χ0n) is 19.6. The summed E-state index contributed by atoms with van der Waals surface area (Å²) in [6, 6.07) is 0. The molecule has 0 saturated heterocycles. The molecule has 4 aliphatic carbocycles. The smallest absolute Gasteiger partial charge is 0.311 e. The zero-order valence-corrected chi connectivity index (χ0v) is 19.6. The van der Waals surface area contributed by atoms with Gasteiger partial charge >= 0.3 is 5.97 Å². The highest BCUT2D eigenvalue weighted by molar-refractivity contribution is 5.80. The standard InChI is InChI=1S/C26H40O4/c1-16(30-23(29)24(2,3)4)20-8-9-21-19-7-6-17-14-18(28)10-13-26(17,15-27)22(19)11-12-25(20,21)5/h16-17,20,22,27H,6-15H2,1-5H3/t16?,17?,20-,22+,25-,26-/m0/s1. The van der Waals surface area contributed by atoms with Gasteiger partial charge in [0.2, 0.25) is 0 Å². The number of esters is 1. The van der Waals surface area contributed by atoms with Crippen molar-refractivity contribution in [1.82, 2.24) is 0 Å². The second-order valence-electron chi connectivity index (χ2n) is 11.9. The normalized spacial score (nSPS) is 39.8. The molecule has 2 unspecified atom stereocenters. The maximum absolute atomic E-state index is 12.5. The second-order valence-corrected chi connectivity index (χ2v) is 11.9. The summed E-state index contributed by atoms with van der Waals surface area (Å²) in [5.74, 6) is 1.43. The van der Waals surface area contributed by atoms with E-state index in [1.807, 2.05) is 20.8 Å². The summed E-state index contributed by atoms with van der Waals surface area (Å²) >= 11 is 0. The Morgan fingerprint density at radius 1 is 1.17 bits per heavy atom. The molecule has 0 amide bonds. The zero-order chi connectivity index (χ0) is 21.9. The van der Waals surface area contributed by atoms with Crippen LogP contribution in [0.4, 0.5) is 0 Å². The fourth-order valence-corrected chi connectivity index (χ4v) is 7.61. The van der Waals surface area contributed by atoms with E-state index >= 15 is 0 Å². The van der Waals surface area contributed by atoms with Gasteiger partial charge in [-0.1, -0.05) is 18.1 Å². The topological polar surface area (TPSA) is 63.6 Å². The molecule has 4 nitrogen and oxygen atoms in total. The summed E-state index contributed by atoms with van der Waals surface area (Å²) in [6.45, 7) is 10.4. The number of Topliss-reactive ketones (excluding diaryl/α,β-unsaturated/α-hetero) is 1. The Morgan fingerprint density at radius 3 is 2.57 bits per heavy atom. The first-order chi connectivity index (χ1) is 14.0. The molecular formula is C26H40O4. The number of hydrogen-bond donors (Lipinski definition) is 1. The third-order valence-electron chi connectivity index (χ3n) is 9.35. The lowest BCUT2D eigenvalue weighted by Crippen LogP contribution is -2.51. The summed E-state index contributed by atoms with van der Waals surface area (Å²) in [5, 5.41) is 10.5. The lowest BCUT2D eigenvalue weighted by Gasteiger charge is -2.56. The molecule has 0 aromatic rings. The van der Waals surface area contributed by atoms with Crippen molar-refractivity contribution in [2.75, 3.05) is 6.61 Å². The van der Waals surface area contributed by atoms with Crippen LogP contribution in [0.15, 0.2) is 11.1 Å². The molecule has 4 aliphatic rings. The van der Waals surface area contributed by atoms with Gasteiger partial charge in [-0.2, -0.15) is 0 Å². The van der Waals surface area contributed by atoms with Crippen LogP contribution in [0.5, 0.6) is 0 Å². The van der Waals surface area contributed by atoms with Gasteiger partial charge in [-0.05, 0) is 89.9 Å². The Kier molecular flexibility index (Phi) is 5.48. The molecule has 0 aliphatic heterocycles. The molecule has 0 heterocycles. The number of aliphatic hydroxyl groups is 1. The predicted molar refractivity (Wildman–Crippen MR) is 117 cm³/mol. The van der Waals surface area contributed by atoms with Crippen LogP contribution in [0.1, 0.15) is 92.4 Å². The van der Waals surface area contributed by atoms with E-state index in [9.17, 15) is 14.7 Å². The molecule has 168 valence electrons. The number of carbonyl (C=O) groups is 2. The molecule has 0 aromatic heterocycles. The Morgan fingerprint density at radius 2 is 1.90 bits per heavy atom. The molecule has 4 rings (SSSR count). The first kappa shape index (κ1) is 22.0. The first-order valence-corrected chi connectivity index (χ1v) is 12.1. The summed E-state index contributed by atoms with van der Waals surface area (Å²) in [6.07, 6.45) is 8.56. The van der Waals surface area contributed by atoms with Gasteiger partial charge in [0.15, 0.2) is 0 Å². The summed E-state index contributed by atoms with van der Waals surface area (Å²) in [7, 11) is 0.